The second-order valence-corrected chi connectivity index (χ2v) is 6.05. The van der Waals surface area contributed by atoms with Crippen LogP contribution in [0, 0.1) is 5.41 Å². The molecule has 0 aliphatic carbocycles. The van der Waals surface area contributed by atoms with Gasteiger partial charge in [0.2, 0.25) is 23.6 Å². The quantitative estimate of drug-likeness (QED) is 0.827. The van der Waals surface area contributed by atoms with Gasteiger partial charge in [0.25, 0.3) is 0 Å². The zero-order valence-corrected chi connectivity index (χ0v) is 13.3. The fourth-order valence-electron chi connectivity index (χ4n) is 1.94. The Hall–Kier alpha value is -1.89. The van der Waals surface area contributed by atoms with Gasteiger partial charge in [-0.05, 0) is 11.8 Å². The molecule has 1 atom stereocenters. The average Bonchev–Trinajstić information content (AvgIpc) is 2.35. The van der Waals surface area contributed by atoms with Crippen molar-refractivity contribution in [3.8, 4) is 11.8 Å². The van der Waals surface area contributed by atoms with Crippen LogP contribution in [-0.2, 0) is 4.79 Å². The van der Waals surface area contributed by atoms with Gasteiger partial charge in [0.1, 0.15) is 0 Å². The minimum Gasteiger partial charge on any atom is -0.481 e. The zero-order valence-electron chi connectivity index (χ0n) is 13.3. The van der Waals surface area contributed by atoms with Gasteiger partial charge < -0.3 is 15.2 Å². The molecule has 1 unspecified atom stereocenters. The van der Waals surface area contributed by atoms with E-state index < -0.39 is 0 Å². The standard InChI is InChI=1S/C14H24N4O3/c1-14(2,3)8-9(15)6-10(19)16-13-17-11(20-4)7-12(18-13)21-5/h7,9H,6,8,15H2,1-5H3,(H,16,17,18,19). The van der Waals surface area contributed by atoms with E-state index in [0.717, 1.165) is 6.42 Å². The molecular formula is C14H24N4O3. The maximum atomic E-state index is 12.0. The van der Waals surface area contributed by atoms with Gasteiger partial charge in [-0.15, -0.1) is 0 Å². The van der Waals surface area contributed by atoms with Crippen LogP contribution in [0.3, 0.4) is 0 Å². The van der Waals surface area contributed by atoms with Crippen LogP contribution in [0.5, 0.6) is 11.8 Å². The first-order valence-corrected chi connectivity index (χ1v) is 6.76. The predicted molar refractivity (Wildman–Crippen MR) is 80.4 cm³/mol. The fourth-order valence-corrected chi connectivity index (χ4v) is 1.94. The molecule has 3 N–H and O–H groups in total. The van der Waals surface area contributed by atoms with Gasteiger partial charge in [0, 0.05) is 12.5 Å². The molecule has 0 saturated carbocycles. The molecule has 0 aliphatic heterocycles. The maximum Gasteiger partial charge on any atom is 0.236 e. The summed E-state index contributed by atoms with van der Waals surface area (Å²) in [5.74, 6) is 0.536. The van der Waals surface area contributed by atoms with Crippen LogP contribution >= 0.6 is 0 Å². The number of aromatic nitrogens is 2. The lowest BCUT2D eigenvalue weighted by Crippen LogP contribution is -2.31. The van der Waals surface area contributed by atoms with Crippen molar-refractivity contribution in [1.29, 1.82) is 0 Å². The van der Waals surface area contributed by atoms with E-state index in [9.17, 15) is 4.79 Å². The highest BCUT2D eigenvalue weighted by atomic mass is 16.5. The molecule has 1 amide bonds. The Balaban J connectivity index is 2.66. The molecular weight excluding hydrogens is 272 g/mol. The van der Waals surface area contributed by atoms with Crippen molar-refractivity contribution in [3.05, 3.63) is 6.07 Å². The molecule has 0 bridgehead atoms. The van der Waals surface area contributed by atoms with Gasteiger partial charge in [-0.25, -0.2) is 0 Å². The topological polar surface area (TPSA) is 99.4 Å². The monoisotopic (exact) mass is 296 g/mol. The number of hydrogen-bond acceptors (Lipinski definition) is 6. The summed E-state index contributed by atoms with van der Waals surface area (Å²) < 4.78 is 10.0. The third-order valence-electron chi connectivity index (χ3n) is 2.67. The minimum atomic E-state index is -0.234. The van der Waals surface area contributed by atoms with Crippen molar-refractivity contribution in [3.63, 3.8) is 0 Å². The van der Waals surface area contributed by atoms with Crippen molar-refractivity contribution < 1.29 is 14.3 Å². The first-order chi connectivity index (χ1) is 9.73. The minimum absolute atomic E-state index is 0.0788. The van der Waals surface area contributed by atoms with Gasteiger partial charge in [0.15, 0.2) is 0 Å². The number of ether oxygens (including phenoxy) is 2. The Morgan fingerprint density at radius 2 is 1.81 bits per heavy atom. The zero-order chi connectivity index (χ0) is 16.0. The Labute approximate surface area is 125 Å². The summed E-state index contributed by atoms with van der Waals surface area (Å²) in [4.78, 5) is 20.0. The highest BCUT2D eigenvalue weighted by Gasteiger charge is 2.19. The number of rotatable bonds is 6. The van der Waals surface area contributed by atoms with Gasteiger partial charge in [0.05, 0.1) is 20.3 Å². The molecule has 0 radical (unpaired) electrons. The number of amides is 1. The summed E-state index contributed by atoms with van der Waals surface area (Å²) >= 11 is 0. The van der Waals surface area contributed by atoms with Gasteiger partial charge in [-0.2, -0.15) is 9.97 Å². The first kappa shape index (κ1) is 17.2. The summed E-state index contributed by atoms with van der Waals surface area (Å²) in [7, 11) is 2.96. The second-order valence-electron chi connectivity index (χ2n) is 6.05. The van der Waals surface area contributed by atoms with Crippen LogP contribution in [0.4, 0.5) is 5.95 Å². The summed E-state index contributed by atoms with van der Waals surface area (Å²) in [6.07, 6.45) is 0.961. The Morgan fingerprint density at radius 3 is 2.24 bits per heavy atom. The van der Waals surface area contributed by atoms with Crippen LogP contribution in [0.2, 0.25) is 0 Å². The lowest BCUT2D eigenvalue weighted by Gasteiger charge is -2.22. The van der Waals surface area contributed by atoms with E-state index in [2.05, 4.69) is 36.1 Å². The first-order valence-electron chi connectivity index (χ1n) is 6.76. The van der Waals surface area contributed by atoms with E-state index in [0.29, 0.717) is 11.8 Å². The van der Waals surface area contributed by atoms with Gasteiger partial charge in [-0.1, -0.05) is 20.8 Å². The number of nitrogens with two attached hydrogens (primary N) is 1. The third kappa shape index (κ3) is 6.40. The SMILES string of the molecule is COc1cc(OC)nc(NC(=O)CC(N)CC(C)(C)C)n1. The molecule has 1 rings (SSSR count). The Bertz CT molecular complexity index is 463. The summed E-state index contributed by atoms with van der Waals surface area (Å²) in [6.45, 7) is 6.25. The molecule has 7 heteroatoms. The molecule has 1 heterocycles. The van der Waals surface area contributed by atoms with Crippen molar-refractivity contribution in [2.75, 3.05) is 19.5 Å². The van der Waals surface area contributed by atoms with Crippen molar-refractivity contribution >= 4 is 11.9 Å². The van der Waals surface area contributed by atoms with Crippen LogP contribution in [0.15, 0.2) is 6.07 Å². The van der Waals surface area contributed by atoms with Crippen LogP contribution in [-0.4, -0.2) is 36.1 Å². The molecule has 1 aromatic rings. The van der Waals surface area contributed by atoms with E-state index in [-0.39, 0.29) is 29.7 Å². The maximum absolute atomic E-state index is 12.0. The number of hydrogen-bond donors (Lipinski definition) is 2. The molecule has 0 aliphatic rings. The van der Waals surface area contributed by atoms with Crippen molar-refractivity contribution in [2.24, 2.45) is 11.1 Å². The summed E-state index contributed by atoms with van der Waals surface area (Å²) in [6, 6.07) is 1.32. The molecule has 0 fully saturated rings. The number of methoxy groups -OCH3 is 2. The van der Waals surface area contributed by atoms with Crippen LogP contribution in [0.1, 0.15) is 33.6 Å². The number of carbonyl (C=O) groups excluding carboxylic acids is 1. The number of anilines is 1. The largest absolute Gasteiger partial charge is 0.481 e. The predicted octanol–water partition coefficient (Wildman–Crippen LogP) is 1.59. The number of nitrogens with one attached hydrogen (secondary N) is 1. The highest BCUT2D eigenvalue weighted by molar-refractivity contribution is 5.89. The van der Waals surface area contributed by atoms with Crippen molar-refractivity contribution in [1.82, 2.24) is 9.97 Å². The fraction of sp³-hybridized carbons (Fsp3) is 0.643. The lowest BCUT2D eigenvalue weighted by atomic mass is 9.87. The molecule has 7 nitrogen and oxygen atoms in total. The number of carbonyl (C=O) groups is 1. The number of nitrogens with zero attached hydrogens (tertiary/aromatic N) is 2. The average molecular weight is 296 g/mol. The third-order valence-corrected chi connectivity index (χ3v) is 2.67. The molecule has 0 aromatic carbocycles. The second kappa shape index (κ2) is 7.21. The van der Waals surface area contributed by atoms with Crippen LogP contribution < -0.4 is 20.5 Å². The van der Waals surface area contributed by atoms with Crippen LogP contribution in [0.25, 0.3) is 0 Å². The van der Waals surface area contributed by atoms with E-state index in [1.54, 1.807) is 0 Å². The Morgan fingerprint density at radius 1 is 1.29 bits per heavy atom. The molecule has 0 spiro atoms. The van der Waals surface area contributed by atoms with Gasteiger partial charge >= 0.3 is 0 Å². The summed E-state index contributed by atoms with van der Waals surface area (Å²) in [5.41, 5.74) is 6.05. The smallest absolute Gasteiger partial charge is 0.236 e. The van der Waals surface area contributed by atoms with E-state index in [1.165, 1.54) is 20.3 Å². The lowest BCUT2D eigenvalue weighted by molar-refractivity contribution is -0.116. The Kier molecular flexibility index (Phi) is 5.90. The molecule has 118 valence electrons. The van der Waals surface area contributed by atoms with Gasteiger partial charge in [-0.3, -0.25) is 10.1 Å². The van der Waals surface area contributed by atoms with E-state index in [1.807, 2.05) is 0 Å². The molecule has 1 aromatic heterocycles. The van der Waals surface area contributed by atoms with Crippen molar-refractivity contribution in [2.45, 2.75) is 39.7 Å². The van der Waals surface area contributed by atoms with E-state index >= 15 is 0 Å². The molecule has 0 saturated heterocycles. The normalized spacial score (nSPS) is 12.7. The molecule has 21 heavy (non-hydrogen) atoms. The highest BCUT2D eigenvalue weighted by Crippen LogP contribution is 2.21. The van der Waals surface area contributed by atoms with E-state index in [4.69, 9.17) is 15.2 Å². The summed E-state index contributed by atoms with van der Waals surface area (Å²) in [5, 5.41) is 2.61.